The monoisotopic (exact) mass is 317 g/mol. The first-order valence-corrected chi connectivity index (χ1v) is 8.07. The van der Waals surface area contributed by atoms with Crippen LogP contribution in [-0.2, 0) is 9.59 Å². The molecule has 1 atom stereocenters. The van der Waals surface area contributed by atoms with Gasteiger partial charge in [0.2, 0.25) is 17.8 Å². The number of carbonyl (C=O) groups is 2. The topological polar surface area (TPSA) is 78.4 Å². The van der Waals surface area contributed by atoms with Crippen LogP contribution in [0.2, 0.25) is 0 Å². The maximum Gasteiger partial charge on any atom is 0.225 e. The van der Waals surface area contributed by atoms with Crippen LogP contribution in [0.5, 0.6) is 0 Å². The Morgan fingerprint density at radius 3 is 2.43 bits per heavy atom. The molecule has 2 aliphatic heterocycles. The predicted molar refractivity (Wildman–Crippen MR) is 85.8 cm³/mol. The molecule has 1 N–H and O–H groups in total. The van der Waals surface area contributed by atoms with Crippen molar-refractivity contribution in [3.63, 3.8) is 0 Å². The molecule has 1 spiro atoms. The highest BCUT2D eigenvalue weighted by Gasteiger charge is 2.48. The highest BCUT2D eigenvalue weighted by molar-refractivity contribution is 5.76. The minimum atomic E-state index is -0.149. The van der Waals surface area contributed by atoms with E-state index in [4.69, 9.17) is 0 Å². The SMILES string of the molecule is CC(=O)N[C@@H]1CN(C(C)=O)C2(CCN(c3ncccn3)CC2)C1. The summed E-state index contributed by atoms with van der Waals surface area (Å²) in [6, 6.07) is 1.86. The average Bonchev–Trinajstić information content (AvgIpc) is 2.86. The quantitative estimate of drug-likeness (QED) is 0.863. The van der Waals surface area contributed by atoms with Crippen LogP contribution in [0.25, 0.3) is 0 Å². The number of nitrogens with one attached hydrogen (secondary N) is 1. The third kappa shape index (κ3) is 3.13. The smallest absolute Gasteiger partial charge is 0.225 e. The second-order valence-corrected chi connectivity index (χ2v) is 6.49. The fraction of sp³-hybridized carbons (Fsp3) is 0.625. The number of aromatic nitrogens is 2. The van der Waals surface area contributed by atoms with Gasteiger partial charge in [0, 0.05) is 57.5 Å². The van der Waals surface area contributed by atoms with Crippen LogP contribution in [0.4, 0.5) is 5.95 Å². The Kier molecular flexibility index (Phi) is 4.19. The van der Waals surface area contributed by atoms with Crippen molar-refractivity contribution in [2.45, 2.75) is 44.7 Å². The molecule has 2 saturated heterocycles. The molecular formula is C16H23N5O2. The van der Waals surface area contributed by atoms with Crippen molar-refractivity contribution in [2.75, 3.05) is 24.5 Å². The van der Waals surface area contributed by atoms with Crippen molar-refractivity contribution in [1.29, 1.82) is 0 Å². The Morgan fingerprint density at radius 2 is 1.87 bits per heavy atom. The van der Waals surface area contributed by atoms with Crippen LogP contribution < -0.4 is 10.2 Å². The maximum atomic E-state index is 12.1. The average molecular weight is 317 g/mol. The summed E-state index contributed by atoms with van der Waals surface area (Å²) in [6.45, 7) is 5.39. The van der Waals surface area contributed by atoms with Gasteiger partial charge in [0.25, 0.3) is 0 Å². The number of likely N-dealkylation sites (tertiary alicyclic amines) is 1. The second kappa shape index (κ2) is 6.14. The number of anilines is 1. The van der Waals surface area contributed by atoms with E-state index >= 15 is 0 Å². The molecule has 7 heteroatoms. The minimum absolute atomic E-state index is 0.0364. The lowest BCUT2D eigenvalue weighted by Gasteiger charge is -2.44. The molecule has 3 heterocycles. The summed E-state index contributed by atoms with van der Waals surface area (Å²) in [6.07, 6.45) is 6.07. The lowest BCUT2D eigenvalue weighted by molar-refractivity contribution is -0.133. The zero-order valence-corrected chi connectivity index (χ0v) is 13.7. The predicted octanol–water partition coefficient (Wildman–Crippen LogP) is 0.573. The van der Waals surface area contributed by atoms with Gasteiger partial charge in [0.15, 0.2) is 0 Å². The molecule has 124 valence electrons. The number of nitrogens with zero attached hydrogens (tertiary/aromatic N) is 4. The maximum absolute atomic E-state index is 12.1. The van der Waals surface area contributed by atoms with Gasteiger partial charge in [0.1, 0.15) is 0 Å². The molecule has 0 bridgehead atoms. The highest BCUT2D eigenvalue weighted by Crippen LogP contribution is 2.39. The van der Waals surface area contributed by atoms with Gasteiger partial charge >= 0.3 is 0 Å². The van der Waals surface area contributed by atoms with E-state index in [2.05, 4.69) is 20.2 Å². The molecule has 2 aliphatic rings. The third-order valence-corrected chi connectivity index (χ3v) is 4.92. The molecule has 0 unspecified atom stereocenters. The molecule has 1 aromatic heterocycles. The zero-order valence-electron chi connectivity index (χ0n) is 13.7. The molecule has 1 aromatic rings. The Bertz CT molecular complexity index is 583. The lowest BCUT2D eigenvalue weighted by Crippen LogP contribution is -2.53. The fourth-order valence-electron chi connectivity index (χ4n) is 3.95. The van der Waals surface area contributed by atoms with Crippen molar-refractivity contribution >= 4 is 17.8 Å². The Morgan fingerprint density at radius 1 is 1.22 bits per heavy atom. The summed E-state index contributed by atoms with van der Waals surface area (Å²) < 4.78 is 0. The molecule has 0 aromatic carbocycles. The van der Waals surface area contributed by atoms with Gasteiger partial charge in [-0.25, -0.2) is 9.97 Å². The fourth-order valence-corrected chi connectivity index (χ4v) is 3.95. The number of rotatable bonds is 2. The van der Waals surface area contributed by atoms with E-state index in [1.165, 1.54) is 6.92 Å². The molecule has 3 rings (SSSR count). The summed E-state index contributed by atoms with van der Waals surface area (Å²) in [5.41, 5.74) is -0.149. The molecular weight excluding hydrogens is 294 g/mol. The van der Waals surface area contributed by atoms with Gasteiger partial charge in [-0.05, 0) is 25.3 Å². The van der Waals surface area contributed by atoms with Crippen LogP contribution in [0.15, 0.2) is 18.5 Å². The van der Waals surface area contributed by atoms with Gasteiger partial charge in [-0.1, -0.05) is 0 Å². The molecule has 2 amide bonds. The normalized spacial score (nSPS) is 23.1. The molecule has 2 fully saturated rings. The number of hydrogen-bond acceptors (Lipinski definition) is 5. The molecule has 0 saturated carbocycles. The van der Waals surface area contributed by atoms with Crippen molar-refractivity contribution in [3.8, 4) is 0 Å². The Labute approximate surface area is 136 Å². The van der Waals surface area contributed by atoms with E-state index in [0.717, 1.165) is 38.3 Å². The van der Waals surface area contributed by atoms with Gasteiger partial charge in [-0.2, -0.15) is 0 Å². The van der Waals surface area contributed by atoms with Gasteiger partial charge in [-0.3, -0.25) is 9.59 Å². The first-order valence-electron chi connectivity index (χ1n) is 8.07. The van der Waals surface area contributed by atoms with E-state index in [1.807, 2.05) is 4.90 Å². The van der Waals surface area contributed by atoms with Crippen molar-refractivity contribution < 1.29 is 9.59 Å². The number of piperidine rings is 1. The number of amides is 2. The number of hydrogen-bond donors (Lipinski definition) is 1. The summed E-state index contributed by atoms with van der Waals surface area (Å²) in [4.78, 5) is 36.1. The third-order valence-electron chi connectivity index (χ3n) is 4.92. The number of carbonyl (C=O) groups excluding carboxylic acids is 2. The first-order chi connectivity index (χ1) is 11.0. The second-order valence-electron chi connectivity index (χ2n) is 6.49. The molecule has 7 nitrogen and oxygen atoms in total. The van der Waals surface area contributed by atoms with Gasteiger partial charge in [0.05, 0.1) is 0 Å². The molecule has 0 aliphatic carbocycles. The Balaban J connectivity index is 1.71. The van der Waals surface area contributed by atoms with Gasteiger partial charge < -0.3 is 15.1 Å². The van der Waals surface area contributed by atoms with Crippen molar-refractivity contribution in [2.24, 2.45) is 0 Å². The van der Waals surface area contributed by atoms with E-state index in [0.29, 0.717) is 6.54 Å². The standard InChI is InChI=1S/C16H23N5O2/c1-12(22)19-14-10-16(21(11-14)13(2)23)4-8-20(9-5-16)15-17-6-3-7-18-15/h3,6-7,14H,4-5,8-11H2,1-2H3,(H,19,22)/t14-/m0/s1. The first kappa shape index (κ1) is 15.7. The zero-order chi connectivity index (χ0) is 16.4. The van der Waals surface area contributed by atoms with Crippen LogP contribution >= 0.6 is 0 Å². The lowest BCUT2D eigenvalue weighted by atomic mass is 9.84. The van der Waals surface area contributed by atoms with E-state index < -0.39 is 0 Å². The summed E-state index contributed by atoms with van der Waals surface area (Å²) in [7, 11) is 0. The van der Waals surface area contributed by atoms with E-state index in [1.54, 1.807) is 25.4 Å². The van der Waals surface area contributed by atoms with Crippen LogP contribution in [0.1, 0.15) is 33.1 Å². The molecule has 23 heavy (non-hydrogen) atoms. The summed E-state index contributed by atoms with van der Waals surface area (Å²) in [5, 5.41) is 2.97. The summed E-state index contributed by atoms with van der Waals surface area (Å²) in [5.74, 6) is 0.793. The van der Waals surface area contributed by atoms with E-state index in [-0.39, 0.29) is 23.4 Å². The molecule has 0 radical (unpaired) electrons. The highest BCUT2D eigenvalue weighted by atomic mass is 16.2. The van der Waals surface area contributed by atoms with Crippen molar-refractivity contribution in [1.82, 2.24) is 20.2 Å². The largest absolute Gasteiger partial charge is 0.352 e. The minimum Gasteiger partial charge on any atom is -0.352 e. The summed E-state index contributed by atoms with van der Waals surface area (Å²) >= 11 is 0. The van der Waals surface area contributed by atoms with Gasteiger partial charge in [-0.15, -0.1) is 0 Å². The van der Waals surface area contributed by atoms with Crippen LogP contribution in [0.3, 0.4) is 0 Å². The van der Waals surface area contributed by atoms with E-state index in [9.17, 15) is 9.59 Å². The van der Waals surface area contributed by atoms with Crippen LogP contribution in [-0.4, -0.2) is 57.9 Å². The Hall–Kier alpha value is -2.18. The van der Waals surface area contributed by atoms with Crippen molar-refractivity contribution in [3.05, 3.63) is 18.5 Å². The van der Waals surface area contributed by atoms with Crippen LogP contribution in [0, 0.1) is 0 Å².